The molecular formula is C29H56N2. The van der Waals surface area contributed by atoms with Crippen LogP contribution in [0.25, 0.3) is 0 Å². The lowest BCUT2D eigenvalue weighted by Crippen LogP contribution is -2.12. The smallest absolute Gasteiger partial charge is 0.111 e. The molecule has 0 spiro atoms. The van der Waals surface area contributed by atoms with Crippen molar-refractivity contribution in [2.24, 2.45) is 0 Å². The molecule has 2 unspecified atom stereocenters. The molecule has 2 nitrogen and oxygen atoms in total. The van der Waals surface area contributed by atoms with E-state index in [1.54, 1.807) is 0 Å². The maximum atomic E-state index is 4.80. The van der Waals surface area contributed by atoms with Gasteiger partial charge in [0.05, 0.1) is 0 Å². The molecule has 0 bridgehead atoms. The molecule has 0 fully saturated rings. The Balaban J connectivity index is 2.18. The van der Waals surface area contributed by atoms with E-state index in [4.69, 9.17) is 4.98 Å². The van der Waals surface area contributed by atoms with Crippen LogP contribution in [-0.2, 0) is 0 Å². The molecule has 182 valence electrons. The van der Waals surface area contributed by atoms with E-state index in [-0.39, 0.29) is 0 Å². The lowest BCUT2D eigenvalue weighted by atomic mass is 9.96. The molecule has 1 aromatic heterocycles. The van der Waals surface area contributed by atoms with Crippen LogP contribution in [0.2, 0.25) is 0 Å². The standard InChI is InChI=1S/C29H56N2/c1-5-8-10-12-13-14-15-16-17-18-20-22-24-28(7-3)29-30-25-26-31(29)27(4)23-21-19-11-9-6-2/h25-28H,5-24H2,1-4H3. The molecule has 1 heterocycles. The van der Waals surface area contributed by atoms with Crippen molar-refractivity contribution in [1.82, 2.24) is 9.55 Å². The average Bonchev–Trinajstić information content (AvgIpc) is 3.26. The molecule has 0 saturated heterocycles. The van der Waals surface area contributed by atoms with Crippen molar-refractivity contribution < 1.29 is 0 Å². The Bertz CT molecular complexity index is 493. The van der Waals surface area contributed by atoms with Crippen molar-refractivity contribution in [2.45, 2.75) is 168 Å². The third-order valence-electron chi connectivity index (χ3n) is 7.16. The van der Waals surface area contributed by atoms with Gasteiger partial charge < -0.3 is 4.57 Å². The maximum absolute atomic E-state index is 4.80. The zero-order valence-electron chi connectivity index (χ0n) is 21.8. The minimum absolute atomic E-state index is 0.593. The first-order valence-electron chi connectivity index (χ1n) is 14.3. The van der Waals surface area contributed by atoms with Crippen LogP contribution in [0.3, 0.4) is 0 Å². The van der Waals surface area contributed by atoms with Gasteiger partial charge in [-0.2, -0.15) is 0 Å². The molecule has 0 saturated carbocycles. The first-order valence-corrected chi connectivity index (χ1v) is 14.3. The Hall–Kier alpha value is -0.790. The van der Waals surface area contributed by atoms with E-state index < -0.39 is 0 Å². The molecule has 0 aromatic carbocycles. The molecule has 0 radical (unpaired) electrons. The second-order valence-corrected chi connectivity index (χ2v) is 10.0. The van der Waals surface area contributed by atoms with Gasteiger partial charge in [-0.05, 0) is 26.2 Å². The highest BCUT2D eigenvalue weighted by molar-refractivity contribution is 5.02. The van der Waals surface area contributed by atoms with E-state index in [2.05, 4.69) is 38.5 Å². The molecule has 0 aliphatic carbocycles. The summed E-state index contributed by atoms with van der Waals surface area (Å²) in [5.74, 6) is 1.99. The van der Waals surface area contributed by atoms with E-state index in [1.165, 1.54) is 134 Å². The van der Waals surface area contributed by atoms with Crippen LogP contribution in [0.15, 0.2) is 12.4 Å². The molecule has 0 N–H and O–H groups in total. The van der Waals surface area contributed by atoms with Gasteiger partial charge in [0.15, 0.2) is 0 Å². The number of aromatic nitrogens is 2. The van der Waals surface area contributed by atoms with Gasteiger partial charge in [-0.25, -0.2) is 4.98 Å². The van der Waals surface area contributed by atoms with E-state index in [9.17, 15) is 0 Å². The second kappa shape index (κ2) is 19.9. The Kier molecular flexibility index (Phi) is 18.1. The highest BCUT2D eigenvalue weighted by atomic mass is 15.1. The van der Waals surface area contributed by atoms with Crippen LogP contribution in [0.4, 0.5) is 0 Å². The first-order chi connectivity index (χ1) is 15.2. The second-order valence-electron chi connectivity index (χ2n) is 10.0. The Labute approximate surface area is 196 Å². The summed E-state index contributed by atoms with van der Waals surface area (Å²) in [7, 11) is 0. The Morgan fingerprint density at radius 2 is 1.10 bits per heavy atom. The van der Waals surface area contributed by atoms with Crippen molar-refractivity contribution in [3.05, 3.63) is 18.2 Å². The van der Waals surface area contributed by atoms with E-state index in [0.29, 0.717) is 12.0 Å². The number of unbranched alkanes of at least 4 members (excludes halogenated alkanes) is 15. The number of hydrogen-bond acceptors (Lipinski definition) is 1. The average molecular weight is 433 g/mol. The Morgan fingerprint density at radius 3 is 1.58 bits per heavy atom. The van der Waals surface area contributed by atoms with Crippen LogP contribution >= 0.6 is 0 Å². The van der Waals surface area contributed by atoms with Crippen molar-refractivity contribution in [1.29, 1.82) is 0 Å². The summed E-state index contributed by atoms with van der Waals surface area (Å²) >= 11 is 0. The highest BCUT2D eigenvalue weighted by Gasteiger charge is 2.17. The summed E-state index contributed by atoms with van der Waals surface area (Å²) in [6.45, 7) is 9.33. The van der Waals surface area contributed by atoms with Crippen LogP contribution in [0.5, 0.6) is 0 Å². The van der Waals surface area contributed by atoms with Gasteiger partial charge in [-0.1, -0.05) is 130 Å². The fraction of sp³-hybridized carbons (Fsp3) is 0.897. The van der Waals surface area contributed by atoms with Crippen molar-refractivity contribution in [3.8, 4) is 0 Å². The molecule has 1 aromatic rings. The van der Waals surface area contributed by atoms with Crippen molar-refractivity contribution in [2.75, 3.05) is 0 Å². The van der Waals surface area contributed by atoms with Gasteiger partial charge in [0, 0.05) is 24.4 Å². The summed E-state index contributed by atoms with van der Waals surface area (Å²) in [6.07, 6.45) is 32.1. The highest BCUT2D eigenvalue weighted by Crippen LogP contribution is 2.28. The van der Waals surface area contributed by atoms with Crippen LogP contribution in [-0.4, -0.2) is 9.55 Å². The van der Waals surface area contributed by atoms with E-state index in [1.807, 2.05) is 6.20 Å². The number of hydrogen-bond donors (Lipinski definition) is 0. The minimum atomic E-state index is 0.593. The predicted molar refractivity (Wildman–Crippen MR) is 139 cm³/mol. The SMILES string of the molecule is CCCCCCCCCCCCCCC(CC)c1nccn1C(C)CCCCCCC. The van der Waals surface area contributed by atoms with Gasteiger partial charge in [0.25, 0.3) is 0 Å². The van der Waals surface area contributed by atoms with Gasteiger partial charge >= 0.3 is 0 Å². The number of nitrogens with zero attached hydrogens (tertiary/aromatic N) is 2. The lowest BCUT2D eigenvalue weighted by Gasteiger charge is -2.21. The van der Waals surface area contributed by atoms with Crippen molar-refractivity contribution >= 4 is 0 Å². The topological polar surface area (TPSA) is 17.8 Å². The quantitative estimate of drug-likeness (QED) is 0.167. The largest absolute Gasteiger partial charge is 0.332 e. The Morgan fingerprint density at radius 1 is 0.645 bits per heavy atom. The molecule has 1 rings (SSSR count). The summed E-state index contributed by atoms with van der Waals surface area (Å²) in [6, 6.07) is 0.593. The van der Waals surface area contributed by atoms with Gasteiger partial charge in [0.2, 0.25) is 0 Å². The van der Waals surface area contributed by atoms with Crippen LogP contribution in [0.1, 0.15) is 174 Å². The fourth-order valence-corrected chi connectivity index (χ4v) is 4.94. The molecule has 31 heavy (non-hydrogen) atoms. The summed E-state index contributed by atoms with van der Waals surface area (Å²) < 4.78 is 2.49. The minimum Gasteiger partial charge on any atom is -0.332 e. The first kappa shape index (κ1) is 28.2. The molecule has 0 aliphatic rings. The zero-order chi connectivity index (χ0) is 22.6. The maximum Gasteiger partial charge on any atom is 0.111 e. The van der Waals surface area contributed by atoms with Crippen LogP contribution in [0, 0.1) is 0 Å². The normalized spacial score (nSPS) is 13.5. The molecule has 2 heteroatoms. The monoisotopic (exact) mass is 432 g/mol. The third kappa shape index (κ3) is 13.4. The summed E-state index contributed by atoms with van der Waals surface area (Å²) in [5.41, 5.74) is 0. The number of imidazole rings is 1. The zero-order valence-corrected chi connectivity index (χ0v) is 21.8. The van der Waals surface area contributed by atoms with Gasteiger partial charge in [-0.15, -0.1) is 0 Å². The molecule has 0 aliphatic heterocycles. The summed E-state index contributed by atoms with van der Waals surface area (Å²) in [4.78, 5) is 4.80. The van der Waals surface area contributed by atoms with E-state index in [0.717, 1.165) is 0 Å². The summed E-state index contributed by atoms with van der Waals surface area (Å²) in [5, 5.41) is 0. The fourth-order valence-electron chi connectivity index (χ4n) is 4.94. The third-order valence-corrected chi connectivity index (χ3v) is 7.16. The van der Waals surface area contributed by atoms with Gasteiger partial charge in [0.1, 0.15) is 5.82 Å². The molecule has 0 amide bonds. The molecule has 2 atom stereocenters. The molecular weight excluding hydrogens is 376 g/mol. The van der Waals surface area contributed by atoms with Crippen molar-refractivity contribution in [3.63, 3.8) is 0 Å². The van der Waals surface area contributed by atoms with Crippen LogP contribution < -0.4 is 0 Å². The number of rotatable bonds is 22. The predicted octanol–water partition coefficient (Wildman–Crippen LogP) is 10.4. The lowest BCUT2D eigenvalue weighted by molar-refractivity contribution is 0.426. The van der Waals surface area contributed by atoms with Gasteiger partial charge in [-0.3, -0.25) is 0 Å². The van der Waals surface area contributed by atoms with E-state index >= 15 is 0 Å².